The van der Waals surface area contributed by atoms with E-state index in [1.165, 1.54) is 5.82 Å². The first-order valence-corrected chi connectivity index (χ1v) is 9.82. The lowest BCUT2D eigenvalue weighted by Gasteiger charge is -2.31. The largest absolute Gasteiger partial charge is 0.312 e. The third-order valence-electron chi connectivity index (χ3n) is 5.65. The number of para-hydroxylation sites is 1. The Bertz CT molecular complexity index is 890. The zero-order valence-electron chi connectivity index (χ0n) is 15.5. The Morgan fingerprint density at radius 3 is 2.70 bits per heavy atom. The van der Waals surface area contributed by atoms with E-state index >= 15 is 0 Å². The summed E-state index contributed by atoms with van der Waals surface area (Å²) in [4.78, 5) is 2.50. The van der Waals surface area contributed by atoms with E-state index in [1.54, 1.807) is 0 Å². The Hall–Kier alpha value is -2.51. The minimum atomic E-state index is 0.530. The summed E-state index contributed by atoms with van der Waals surface area (Å²) in [5.41, 5.74) is 2.23. The van der Waals surface area contributed by atoms with Gasteiger partial charge in [0, 0.05) is 31.7 Å². The van der Waals surface area contributed by atoms with Crippen LogP contribution >= 0.6 is 0 Å². The van der Waals surface area contributed by atoms with Gasteiger partial charge in [0.05, 0.1) is 17.9 Å². The molecule has 2 aromatic heterocycles. The van der Waals surface area contributed by atoms with Gasteiger partial charge in [-0.3, -0.25) is 4.90 Å². The molecule has 2 aliphatic rings. The van der Waals surface area contributed by atoms with Crippen molar-refractivity contribution in [3.8, 4) is 5.69 Å². The van der Waals surface area contributed by atoms with Crippen molar-refractivity contribution in [2.75, 3.05) is 19.6 Å². The van der Waals surface area contributed by atoms with Crippen molar-refractivity contribution in [2.24, 2.45) is 0 Å². The number of aromatic nitrogens is 5. The molecule has 7 nitrogen and oxygen atoms in total. The van der Waals surface area contributed by atoms with Gasteiger partial charge in [0.2, 0.25) is 0 Å². The first-order chi connectivity index (χ1) is 13.4. The van der Waals surface area contributed by atoms with Crippen LogP contribution in [0.5, 0.6) is 0 Å². The fraction of sp³-hybridized carbons (Fsp3) is 0.450. The average Bonchev–Trinajstić information content (AvgIpc) is 3.37. The molecule has 0 bridgehead atoms. The molecule has 0 atom stereocenters. The van der Waals surface area contributed by atoms with E-state index in [2.05, 4.69) is 43.2 Å². The van der Waals surface area contributed by atoms with E-state index in [0.29, 0.717) is 5.92 Å². The number of likely N-dealkylation sites (tertiary alicyclic amines) is 1. The Morgan fingerprint density at radius 2 is 1.85 bits per heavy atom. The molecular weight excluding hydrogens is 338 g/mol. The molecule has 0 radical (unpaired) electrons. The number of hydrogen-bond acceptors (Lipinski definition) is 5. The Kier molecular flexibility index (Phi) is 4.47. The lowest BCUT2D eigenvalue weighted by molar-refractivity contribution is 0.197. The SMILES string of the molecule is c1ccc(-n2ccc(CN3CCC(c4nnc5n4CCNC5)CC3)n2)cc1. The quantitative estimate of drug-likeness (QED) is 0.768. The van der Waals surface area contributed by atoms with Gasteiger partial charge in [-0.15, -0.1) is 10.2 Å². The van der Waals surface area contributed by atoms with Gasteiger partial charge in [0.25, 0.3) is 0 Å². The summed E-state index contributed by atoms with van der Waals surface area (Å²) in [7, 11) is 0. The molecule has 0 unspecified atom stereocenters. The number of nitrogens with one attached hydrogen (secondary N) is 1. The highest BCUT2D eigenvalue weighted by atomic mass is 15.3. The molecule has 2 aliphatic heterocycles. The number of nitrogens with zero attached hydrogens (tertiary/aromatic N) is 6. The second kappa shape index (κ2) is 7.25. The van der Waals surface area contributed by atoms with Crippen molar-refractivity contribution >= 4 is 0 Å². The van der Waals surface area contributed by atoms with Crippen molar-refractivity contribution in [3.63, 3.8) is 0 Å². The maximum atomic E-state index is 4.74. The van der Waals surface area contributed by atoms with Gasteiger partial charge in [-0.1, -0.05) is 18.2 Å². The molecule has 3 aromatic rings. The molecular formula is C20H25N7. The summed E-state index contributed by atoms with van der Waals surface area (Å²) in [5, 5.41) is 17.0. The second-order valence-corrected chi connectivity index (χ2v) is 7.44. The molecule has 4 heterocycles. The molecule has 1 fully saturated rings. The van der Waals surface area contributed by atoms with Gasteiger partial charge < -0.3 is 9.88 Å². The molecule has 27 heavy (non-hydrogen) atoms. The van der Waals surface area contributed by atoms with Crippen molar-refractivity contribution in [3.05, 3.63) is 59.9 Å². The molecule has 1 saturated heterocycles. The third-order valence-corrected chi connectivity index (χ3v) is 5.65. The molecule has 140 valence electrons. The molecule has 7 heteroatoms. The van der Waals surface area contributed by atoms with E-state index < -0.39 is 0 Å². The van der Waals surface area contributed by atoms with Crippen LogP contribution in [-0.2, 0) is 19.6 Å². The third kappa shape index (κ3) is 3.40. The number of piperidine rings is 1. The molecule has 1 aromatic carbocycles. The fourth-order valence-electron chi connectivity index (χ4n) is 4.17. The van der Waals surface area contributed by atoms with Crippen molar-refractivity contribution in [1.29, 1.82) is 0 Å². The Morgan fingerprint density at radius 1 is 1.00 bits per heavy atom. The molecule has 0 spiro atoms. The molecule has 0 aliphatic carbocycles. The summed E-state index contributed by atoms with van der Waals surface area (Å²) in [6.45, 7) is 5.94. The van der Waals surface area contributed by atoms with Gasteiger partial charge in [-0.2, -0.15) is 5.10 Å². The summed E-state index contributed by atoms with van der Waals surface area (Å²) >= 11 is 0. The highest BCUT2D eigenvalue weighted by Crippen LogP contribution is 2.28. The van der Waals surface area contributed by atoms with Crippen LogP contribution in [0.3, 0.4) is 0 Å². The van der Waals surface area contributed by atoms with Gasteiger partial charge >= 0.3 is 0 Å². The highest BCUT2D eigenvalue weighted by molar-refractivity contribution is 5.30. The topological polar surface area (TPSA) is 63.8 Å². The van der Waals surface area contributed by atoms with Crippen LogP contribution < -0.4 is 5.32 Å². The smallest absolute Gasteiger partial charge is 0.147 e. The van der Waals surface area contributed by atoms with E-state index in [4.69, 9.17) is 5.10 Å². The molecule has 0 saturated carbocycles. The fourth-order valence-corrected chi connectivity index (χ4v) is 4.17. The minimum absolute atomic E-state index is 0.530. The Balaban J connectivity index is 1.20. The monoisotopic (exact) mass is 363 g/mol. The normalized spacial score (nSPS) is 18.5. The average molecular weight is 363 g/mol. The maximum Gasteiger partial charge on any atom is 0.147 e. The summed E-state index contributed by atoms with van der Waals surface area (Å²) in [6.07, 6.45) is 4.34. The van der Waals surface area contributed by atoms with Crippen molar-refractivity contribution < 1.29 is 0 Å². The number of benzene rings is 1. The van der Waals surface area contributed by atoms with E-state index in [-0.39, 0.29) is 0 Å². The van der Waals surface area contributed by atoms with Gasteiger partial charge in [0.1, 0.15) is 11.6 Å². The van der Waals surface area contributed by atoms with Crippen LogP contribution in [0.2, 0.25) is 0 Å². The van der Waals surface area contributed by atoms with Gasteiger partial charge in [-0.05, 0) is 44.1 Å². The lowest BCUT2D eigenvalue weighted by Crippen LogP contribution is -2.34. The second-order valence-electron chi connectivity index (χ2n) is 7.44. The number of rotatable bonds is 4. The van der Waals surface area contributed by atoms with Gasteiger partial charge in [0.15, 0.2) is 0 Å². The van der Waals surface area contributed by atoms with Crippen LogP contribution in [0.25, 0.3) is 5.69 Å². The Labute approximate surface area is 159 Å². The van der Waals surface area contributed by atoms with Crippen molar-refractivity contribution in [1.82, 2.24) is 34.8 Å². The number of fused-ring (bicyclic) bond motifs is 1. The van der Waals surface area contributed by atoms with E-state index in [1.807, 2.05) is 29.1 Å². The van der Waals surface area contributed by atoms with Crippen LogP contribution in [0.4, 0.5) is 0 Å². The van der Waals surface area contributed by atoms with Crippen LogP contribution in [0.1, 0.15) is 36.1 Å². The summed E-state index contributed by atoms with van der Waals surface area (Å²) in [6, 6.07) is 12.4. The summed E-state index contributed by atoms with van der Waals surface area (Å²) in [5.74, 6) is 2.81. The zero-order chi connectivity index (χ0) is 18.1. The first kappa shape index (κ1) is 16.6. The van der Waals surface area contributed by atoms with Crippen LogP contribution in [0.15, 0.2) is 42.6 Å². The lowest BCUT2D eigenvalue weighted by atomic mass is 9.95. The molecule has 1 N–H and O–H groups in total. The van der Waals surface area contributed by atoms with Gasteiger partial charge in [-0.25, -0.2) is 4.68 Å². The predicted octanol–water partition coefficient (Wildman–Crippen LogP) is 1.95. The first-order valence-electron chi connectivity index (χ1n) is 9.82. The number of hydrogen-bond donors (Lipinski definition) is 1. The van der Waals surface area contributed by atoms with E-state index in [9.17, 15) is 0 Å². The predicted molar refractivity (Wildman–Crippen MR) is 103 cm³/mol. The minimum Gasteiger partial charge on any atom is -0.312 e. The zero-order valence-corrected chi connectivity index (χ0v) is 15.5. The molecule has 0 amide bonds. The van der Waals surface area contributed by atoms with Crippen LogP contribution in [-0.4, -0.2) is 49.1 Å². The van der Waals surface area contributed by atoms with Crippen molar-refractivity contribution in [2.45, 2.75) is 38.4 Å². The highest BCUT2D eigenvalue weighted by Gasteiger charge is 2.27. The molecule has 5 rings (SSSR count). The maximum absolute atomic E-state index is 4.74. The van der Waals surface area contributed by atoms with Crippen LogP contribution in [0, 0.1) is 0 Å². The standard InChI is InChI=1S/C20H25N7/c1-2-4-18(5-3-1)27-12-8-17(24-27)15-25-10-6-16(7-11-25)20-23-22-19-14-21-9-13-26(19)20/h1-5,8,12,16,21H,6-7,9-11,13-15H2. The van der Waals surface area contributed by atoms with E-state index in [0.717, 1.165) is 69.3 Å². The summed E-state index contributed by atoms with van der Waals surface area (Å²) < 4.78 is 4.29.